The van der Waals surface area contributed by atoms with Crippen molar-refractivity contribution >= 4 is 27.5 Å². The molecule has 33 heavy (non-hydrogen) atoms. The molecule has 2 N–H and O–H groups in total. The van der Waals surface area contributed by atoms with E-state index in [4.69, 9.17) is 4.74 Å². The number of hydrogen-bond donors (Lipinski definition) is 2. The molecule has 0 spiro atoms. The molecule has 0 aliphatic carbocycles. The van der Waals surface area contributed by atoms with E-state index < -0.39 is 10.0 Å². The van der Waals surface area contributed by atoms with Crippen LogP contribution in [0, 0.1) is 0 Å². The second-order valence-corrected chi connectivity index (χ2v) is 10.0. The summed E-state index contributed by atoms with van der Waals surface area (Å²) in [4.78, 5) is 27.4. The zero-order valence-corrected chi connectivity index (χ0v) is 20.1. The maximum Gasteiger partial charge on any atom is 0.261 e. The van der Waals surface area contributed by atoms with Gasteiger partial charge in [-0.2, -0.15) is 0 Å². The lowest BCUT2D eigenvalue weighted by atomic mass is 10.1. The molecular formula is C24H31N3O5S. The van der Waals surface area contributed by atoms with Crippen LogP contribution < -0.4 is 14.8 Å². The van der Waals surface area contributed by atoms with Crippen molar-refractivity contribution < 1.29 is 22.7 Å². The second-order valence-electron chi connectivity index (χ2n) is 8.35. The van der Waals surface area contributed by atoms with Crippen LogP contribution in [0.15, 0.2) is 47.4 Å². The van der Waals surface area contributed by atoms with Crippen LogP contribution in [0.2, 0.25) is 0 Å². The van der Waals surface area contributed by atoms with E-state index in [0.717, 1.165) is 25.7 Å². The minimum absolute atomic E-state index is 0.0828. The number of ether oxygens (including phenoxy) is 1. The van der Waals surface area contributed by atoms with E-state index >= 15 is 0 Å². The largest absolute Gasteiger partial charge is 0.496 e. The number of amides is 2. The average molecular weight is 474 g/mol. The lowest BCUT2D eigenvalue weighted by Crippen LogP contribution is -2.32. The minimum Gasteiger partial charge on any atom is -0.496 e. The number of para-hydroxylation sites is 1. The van der Waals surface area contributed by atoms with Crippen LogP contribution in [-0.2, 0) is 10.0 Å². The predicted molar refractivity (Wildman–Crippen MR) is 127 cm³/mol. The highest BCUT2D eigenvalue weighted by molar-refractivity contribution is 7.92. The lowest BCUT2D eigenvalue weighted by molar-refractivity contribution is 0.0757. The third kappa shape index (κ3) is 6.04. The molecule has 9 heteroatoms. The van der Waals surface area contributed by atoms with Gasteiger partial charge in [-0.3, -0.25) is 14.3 Å². The van der Waals surface area contributed by atoms with Crippen LogP contribution in [0.1, 0.15) is 60.2 Å². The maximum atomic E-state index is 13.2. The van der Waals surface area contributed by atoms with E-state index in [9.17, 15) is 18.0 Å². The SMILES string of the molecule is COc1ccc(S(=O)(=O)Nc2ccccc2C(=O)NC(C)C)cc1C(=O)N1CCCCCC1. The summed E-state index contributed by atoms with van der Waals surface area (Å²) in [6.45, 7) is 4.92. The van der Waals surface area contributed by atoms with Crippen molar-refractivity contribution in [2.24, 2.45) is 0 Å². The van der Waals surface area contributed by atoms with Crippen molar-refractivity contribution in [3.8, 4) is 5.75 Å². The normalized spacial score (nSPS) is 14.5. The Morgan fingerprint density at radius 3 is 2.27 bits per heavy atom. The van der Waals surface area contributed by atoms with Crippen LogP contribution in [0.25, 0.3) is 0 Å². The van der Waals surface area contributed by atoms with Crippen molar-refractivity contribution in [2.75, 3.05) is 24.9 Å². The lowest BCUT2D eigenvalue weighted by Gasteiger charge is -2.22. The number of likely N-dealkylation sites (tertiary alicyclic amines) is 1. The molecule has 0 saturated carbocycles. The Labute approximate surface area is 195 Å². The molecule has 1 aliphatic heterocycles. The molecular weight excluding hydrogens is 442 g/mol. The smallest absolute Gasteiger partial charge is 0.261 e. The van der Waals surface area contributed by atoms with Gasteiger partial charge in [0.15, 0.2) is 0 Å². The molecule has 1 aliphatic rings. The van der Waals surface area contributed by atoms with Crippen molar-refractivity contribution in [3.05, 3.63) is 53.6 Å². The number of hydrogen-bond acceptors (Lipinski definition) is 5. The van der Waals surface area contributed by atoms with Gasteiger partial charge >= 0.3 is 0 Å². The molecule has 8 nitrogen and oxygen atoms in total. The third-order valence-electron chi connectivity index (χ3n) is 5.44. The molecule has 178 valence electrons. The van der Waals surface area contributed by atoms with Crippen LogP contribution in [0.4, 0.5) is 5.69 Å². The van der Waals surface area contributed by atoms with Crippen molar-refractivity contribution in [1.29, 1.82) is 0 Å². The summed E-state index contributed by atoms with van der Waals surface area (Å²) in [7, 11) is -2.62. The standard InChI is InChI=1S/C24H31N3O5S/c1-17(2)25-23(28)19-10-6-7-11-21(19)26-33(30,31)18-12-13-22(32-3)20(16-18)24(29)27-14-8-4-5-9-15-27/h6-7,10-13,16-17,26H,4-5,8-9,14-15H2,1-3H3,(H,25,28). The van der Waals surface area contributed by atoms with Gasteiger partial charge in [-0.05, 0) is 57.0 Å². The molecule has 0 unspecified atom stereocenters. The monoisotopic (exact) mass is 473 g/mol. The van der Waals surface area contributed by atoms with E-state index in [1.54, 1.807) is 23.1 Å². The Balaban J connectivity index is 1.92. The van der Waals surface area contributed by atoms with Crippen LogP contribution in [-0.4, -0.2) is 51.4 Å². The first-order valence-corrected chi connectivity index (χ1v) is 12.6. The first kappa shape index (κ1) is 24.6. The summed E-state index contributed by atoms with van der Waals surface area (Å²) in [6, 6.07) is 10.5. The second kappa shape index (κ2) is 10.7. The first-order valence-electron chi connectivity index (χ1n) is 11.1. The van der Waals surface area contributed by atoms with Gasteiger partial charge in [0.25, 0.3) is 21.8 Å². The fourth-order valence-electron chi connectivity index (χ4n) is 3.78. The van der Waals surface area contributed by atoms with Gasteiger partial charge in [0, 0.05) is 19.1 Å². The van der Waals surface area contributed by atoms with Gasteiger partial charge in [-0.15, -0.1) is 0 Å². The number of nitrogens with one attached hydrogen (secondary N) is 2. The Hall–Kier alpha value is -3.07. The van der Waals surface area contributed by atoms with Gasteiger partial charge in [-0.1, -0.05) is 25.0 Å². The number of anilines is 1. The molecule has 2 aromatic rings. The highest BCUT2D eigenvalue weighted by atomic mass is 32.2. The quantitative estimate of drug-likeness (QED) is 0.639. The van der Waals surface area contributed by atoms with Crippen LogP contribution >= 0.6 is 0 Å². The van der Waals surface area contributed by atoms with E-state index in [1.807, 2.05) is 13.8 Å². The topological polar surface area (TPSA) is 105 Å². The molecule has 2 aromatic carbocycles. The van der Waals surface area contributed by atoms with Gasteiger partial charge in [0.05, 0.1) is 28.8 Å². The zero-order chi connectivity index (χ0) is 24.0. The number of carbonyl (C=O) groups is 2. The van der Waals surface area contributed by atoms with Crippen molar-refractivity contribution in [1.82, 2.24) is 10.2 Å². The van der Waals surface area contributed by atoms with Gasteiger partial charge < -0.3 is 15.0 Å². The summed E-state index contributed by atoms with van der Waals surface area (Å²) < 4.78 is 34.2. The fraction of sp³-hybridized carbons (Fsp3) is 0.417. The number of rotatable bonds is 7. The summed E-state index contributed by atoms with van der Waals surface area (Å²) in [5.74, 6) is -0.308. The predicted octanol–water partition coefficient (Wildman–Crippen LogP) is 3.65. The molecule has 1 fully saturated rings. The summed E-state index contributed by atoms with van der Waals surface area (Å²) in [5.41, 5.74) is 0.573. The van der Waals surface area contributed by atoms with E-state index in [2.05, 4.69) is 10.0 Å². The molecule has 2 amide bonds. The van der Waals surface area contributed by atoms with Gasteiger partial charge in [-0.25, -0.2) is 8.42 Å². The van der Waals surface area contributed by atoms with Crippen LogP contribution in [0.5, 0.6) is 5.75 Å². The van der Waals surface area contributed by atoms with Gasteiger partial charge in [0.1, 0.15) is 5.75 Å². The zero-order valence-electron chi connectivity index (χ0n) is 19.3. The molecule has 0 atom stereocenters. The molecule has 0 radical (unpaired) electrons. The Kier molecular flexibility index (Phi) is 7.97. The van der Waals surface area contributed by atoms with Crippen molar-refractivity contribution in [3.63, 3.8) is 0 Å². The Morgan fingerprint density at radius 2 is 1.64 bits per heavy atom. The highest BCUT2D eigenvalue weighted by Crippen LogP contribution is 2.27. The van der Waals surface area contributed by atoms with E-state index in [1.165, 1.54) is 31.4 Å². The van der Waals surface area contributed by atoms with Gasteiger partial charge in [0.2, 0.25) is 0 Å². The fourth-order valence-corrected chi connectivity index (χ4v) is 4.88. The number of carbonyl (C=O) groups excluding carboxylic acids is 2. The molecule has 0 aromatic heterocycles. The number of benzene rings is 2. The number of methoxy groups -OCH3 is 1. The molecule has 0 bridgehead atoms. The van der Waals surface area contributed by atoms with E-state index in [0.29, 0.717) is 18.8 Å². The Bertz CT molecular complexity index is 1110. The molecule has 1 saturated heterocycles. The highest BCUT2D eigenvalue weighted by Gasteiger charge is 2.25. The Morgan fingerprint density at radius 1 is 0.970 bits per heavy atom. The summed E-state index contributed by atoms with van der Waals surface area (Å²) in [5, 5.41) is 2.77. The average Bonchev–Trinajstić information content (AvgIpc) is 3.07. The number of nitrogens with zero attached hydrogens (tertiary/aromatic N) is 1. The molecule has 3 rings (SSSR count). The van der Waals surface area contributed by atoms with Crippen molar-refractivity contribution in [2.45, 2.75) is 50.5 Å². The maximum absolute atomic E-state index is 13.2. The van der Waals surface area contributed by atoms with E-state index in [-0.39, 0.29) is 39.6 Å². The summed E-state index contributed by atoms with van der Waals surface area (Å²) in [6.07, 6.45) is 3.98. The number of sulfonamides is 1. The van der Waals surface area contributed by atoms with Crippen LogP contribution in [0.3, 0.4) is 0 Å². The minimum atomic E-state index is -4.07. The third-order valence-corrected chi connectivity index (χ3v) is 6.80. The first-order chi connectivity index (χ1) is 15.7. The summed E-state index contributed by atoms with van der Waals surface area (Å²) >= 11 is 0. The molecule has 1 heterocycles.